The van der Waals surface area contributed by atoms with E-state index in [4.69, 9.17) is 9.84 Å². The minimum Gasteiger partial charge on any atom is -0.465 e. The minimum atomic E-state index is -1.74. The SMILES string of the molecule is C\C=C(/C=C(C)/C=C/C=C/C=C(\C)C(=O)[C@@]12O[C@@H]1C(O)(CCO)NC2=O)C(=O)OC. The molecule has 3 N–H and O–H groups in total. The molecular formula is C22H27NO7. The molecule has 0 radical (unpaired) electrons. The fraction of sp³-hybridized carbons (Fsp3) is 0.409. The molecule has 0 spiro atoms. The van der Waals surface area contributed by atoms with Gasteiger partial charge in [0.25, 0.3) is 5.91 Å². The van der Waals surface area contributed by atoms with Crippen LogP contribution in [0.4, 0.5) is 0 Å². The van der Waals surface area contributed by atoms with Crippen molar-refractivity contribution in [2.75, 3.05) is 13.7 Å². The summed E-state index contributed by atoms with van der Waals surface area (Å²) in [5.41, 5.74) is -1.89. The van der Waals surface area contributed by atoms with E-state index in [9.17, 15) is 19.5 Å². The highest BCUT2D eigenvalue weighted by Gasteiger charge is 2.80. The highest BCUT2D eigenvalue weighted by atomic mass is 16.6. The van der Waals surface area contributed by atoms with Gasteiger partial charge >= 0.3 is 5.97 Å². The summed E-state index contributed by atoms with van der Waals surface area (Å²) in [4.78, 5) is 36.5. The number of allylic oxidation sites excluding steroid dienone is 7. The van der Waals surface area contributed by atoms with Crippen molar-refractivity contribution >= 4 is 17.7 Å². The molecule has 0 aromatic rings. The topological polar surface area (TPSA) is 125 Å². The highest BCUT2D eigenvalue weighted by Crippen LogP contribution is 2.50. The summed E-state index contributed by atoms with van der Waals surface area (Å²) in [6.45, 7) is 4.78. The molecule has 2 aliphatic heterocycles. The maximum atomic E-state index is 12.7. The number of ether oxygens (including phenoxy) is 2. The van der Waals surface area contributed by atoms with E-state index in [0.717, 1.165) is 5.57 Å². The van der Waals surface area contributed by atoms with Gasteiger partial charge in [0.2, 0.25) is 11.4 Å². The number of fused-ring (bicyclic) bond motifs is 1. The number of aliphatic hydroxyl groups excluding tert-OH is 1. The first kappa shape index (κ1) is 23.5. The maximum Gasteiger partial charge on any atom is 0.337 e. The molecule has 0 bridgehead atoms. The molecule has 0 aromatic carbocycles. The summed E-state index contributed by atoms with van der Waals surface area (Å²) in [6.07, 6.45) is 10.6. The molecule has 2 rings (SSSR count). The lowest BCUT2D eigenvalue weighted by Gasteiger charge is -2.22. The van der Waals surface area contributed by atoms with Crippen LogP contribution in [0.2, 0.25) is 0 Å². The predicted octanol–water partition coefficient (Wildman–Crippen LogP) is 1.02. The summed E-state index contributed by atoms with van der Waals surface area (Å²) in [5.74, 6) is -1.64. The van der Waals surface area contributed by atoms with Gasteiger partial charge in [-0.15, -0.1) is 0 Å². The van der Waals surface area contributed by atoms with Crippen LogP contribution >= 0.6 is 0 Å². The van der Waals surface area contributed by atoms with E-state index >= 15 is 0 Å². The number of epoxide rings is 1. The smallest absolute Gasteiger partial charge is 0.337 e. The number of carbonyl (C=O) groups is 3. The Labute approximate surface area is 175 Å². The van der Waals surface area contributed by atoms with Crippen LogP contribution in [0.25, 0.3) is 0 Å². The third-order valence-electron chi connectivity index (χ3n) is 4.95. The zero-order chi connectivity index (χ0) is 22.5. The van der Waals surface area contributed by atoms with E-state index in [-0.39, 0.29) is 13.0 Å². The Morgan fingerprint density at radius 3 is 2.53 bits per heavy atom. The maximum absolute atomic E-state index is 12.7. The average molecular weight is 417 g/mol. The fourth-order valence-corrected chi connectivity index (χ4v) is 3.26. The molecule has 2 heterocycles. The largest absolute Gasteiger partial charge is 0.465 e. The number of aliphatic hydroxyl groups is 2. The lowest BCUT2D eigenvalue weighted by Crippen LogP contribution is -2.48. The number of esters is 1. The lowest BCUT2D eigenvalue weighted by molar-refractivity contribution is -0.138. The monoisotopic (exact) mass is 417 g/mol. The Balaban J connectivity index is 2.01. The van der Waals surface area contributed by atoms with E-state index < -0.39 is 35.1 Å². The molecular weight excluding hydrogens is 390 g/mol. The summed E-state index contributed by atoms with van der Waals surface area (Å²) in [6, 6.07) is 0. The number of ketones is 1. The summed E-state index contributed by atoms with van der Waals surface area (Å²) in [7, 11) is 1.32. The number of amides is 1. The van der Waals surface area contributed by atoms with E-state index in [1.807, 2.05) is 6.92 Å². The van der Waals surface area contributed by atoms with Crippen LogP contribution in [0.5, 0.6) is 0 Å². The molecule has 0 aliphatic carbocycles. The van der Waals surface area contributed by atoms with E-state index in [0.29, 0.717) is 11.1 Å². The lowest BCUT2D eigenvalue weighted by atomic mass is 9.92. The Kier molecular flexibility index (Phi) is 7.30. The van der Waals surface area contributed by atoms with Crippen LogP contribution in [-0.2, 0) is 23.9 Å². The van der Waals surface area contributed by atoms with Crippen molar-refractivity contribution in [3.8, 4) is 0 Å². The Hall–Kier alpha value is -2.81. The predicted molar refractivity (Wildman–Crippen MR) is 109 cm³/mol. The molecule has 3 atom stereocenters. The van der Waals surface area contributed by atoms with Crippen molar-refractivity contribution in [2.24, 2.45) is 0 Å². The van der Waals surface area contributed by atoms with Crippen molar-refractivity contribution in [2.45, 2.75) is 44.6 Å². The van der Waals surface area contributed by atoms with Gasteiger partial charge in [0, 0.05) is 13.0 Å². The Bertz CT molecular complexity index is 880. The summed E-state index contributed by atoms with van der Waals surface area (Å²) in [5, 5.41) is 21.7. The van der Waals surface area contributed by atoms with Gasteiger partial charge in [0.1, 0.15) is 0 Å². The van der Waals surface area contributed by atoms with Gasteiger partial charge in [0.15, 0.2) is 11.8 Å². The molecule has 1 unspecified atom stereocenters. The van der Waals surface area contributed by atoms with Crippen molar-refractivity contribution in [1.82, 2.24) is 5.32 Å². The number of morpholine rings is 1. The van der Waals surface area contributed by atoms with Gasteiger partial charge in [-0.1, -0.05) is 42.0 Å². The normalized spacial score (nSPS) is 29.3. The van der Waals surface area contributed by atoms with Gasteiger partial charge in [-0.25, -0.2) is 4.79 Å². The number of hydrogen-bond acceptors (Lipinski definition) is 7. The van der Waals surface area contributed by atoms with Crippen molar-refractivity contribution in [3.63, 3.8) is 0 Å². The Morgan fingerprint density at radius 2 is 1.97 bits per heavy atom. The first-order chi connectivity index (χ1) is 14.2. The second-order valence-corrected chi connectivity index (χ2v) is 7.13. The third kappa shape index (κ3) is 4.51. The van der Waals surface area contributed by atoms with Gasteiger partial charge < -0.3 is 25.0 Å². The highest BCUT2D eigenvalue weighted by molar-refractivity contribution is 6.21. The average Bonchev–Trinajstić information content (AvgIpc) is 3.44. The molecule has 2 aliphatic rings. The minimum absolute atomic E-state index is 0.121. The van der Waals surface area contributed by atoms with Crippen LogP contribution in [0, 0.1) is 0 Å². The molecule has 2 fully saturated rings. The quantitative estimate of drug-likeness (QED) is 0.168. The number of rotatable bonds is 9. The molecule has 162 valence electrons. The second kappa shape index (κ2) is 9.34. The van der Waals surface area contributed by atoms with Crippen LogP contribution in [-0.4, -0.2) is 59.0 Å². The zero-order valence-electron chi connectivity index (χ0n) is 17.5. The van der Waals surface area contributed by atoms with Crippen molar-refractivity contribution < 1.29 is 34.1 Å². The van der Waals surface area contributed by atoms with Crippen molar-refractivity contribution in [1.29, 1.82) is 0 Å². The fourth-order valence-electron chi connectivity index (χ4n) is 3.26. The molecule has 0 aromatic heterocycles. The molecule has 30 heavy (non-hydrogen) atoms. The Morgan fingerprint density at radius 1 is 1.27 bits per heavy atom. The number of carbonyl (C=O) groups excluding carboxylic acids is 3. The van der Waals surface area contributed by atoms with Crippen LogP contribution < -0.4 is 5.32 Å². The van der Waals surface area contributed by atoms with E-state index in [1.165, 1.54) is 7.11 Å². The van der Waals surface area contributed by atoms with Gasteiger partial charge in [-0.3, -0.25) is 9.59 Å². The van der Waals surface area contributed by atoms with Gasteiger partial charge in [0.05, 0.1) is 12.7 Å². The third-order valence-corrected chi connectivity index (χ3v) is 4.95. The van der Waals surface area contributed by atoms with E-state index in [2.05, 4.69) is 10.1 Å². The van der Waals surface area contributed by atoms with Crippen molar-refractivity contribution in [3.05, 3.63) is 59.3 Å². The zero-order valence-corrected chi connectivity index (χ0v) is 17.5. The first-order valence-corrected chi connectivity index (χ1v) is 9.49. The number of methoxy groups -OCH3 is 1. The first-order valence-electron chi connectivity index (χ1n) is 9.49. The molecule has 2 saturated heterocycles. The van der Waals surface area contributed by atoms with E-state index in [1.54, 1.807) is 56.4 Å². The summed E-state index contributed by atoms with van der Waals surface area (Å²) >= 11 is 0. The summed E-state index contributed by atoms with van der Waals surface area (Å²) < 4.78 is 9.97. The number of hydrogen-bond donors (Lipinski definition) is 3. The number of Topliss-reactive ketones (excluding diaryl/α,β-unsaturated/α-hetero) is 1. The molecule has 8 heteroatoms. The molecule has 8 nitrogen and oxygen atoms in total. The van der Waals surface area contributed by atoms with Gasteiger partial charge in [-0.05, 0) is 32.4 Å². The van der Waals surface area contributed by atoms with Crippen LogP contribution in [0.15, 0.2) is 59.3 Å². The van der Waals surface area contributed by atoms with Crippen LogP contribution in [0.3, 0.4) is 0 Å². The van der Waals surface area contributed by atoms with Crippen LogP contribution in [0.1, 0.15) is 27.2 Å². The van der Waals surface area contributed by atoms with Gasteiger partial charge in [-0.2, -0.15) is 0 Å². The molecule has 0 saturated carbocycles. The standard InChI is InChI=1S/C22H27NO7/c1-5-16(18(26)29-4)13-14(2)9-7-6-8-10-15(3)17(25)22-19(30-22)21(28,11-12-24)23-20(22)27/h5-10,13,19,24,28H,11-12H2,1-4H3,(H,23,27)/b8-6+,9-7+,14-13+,15-10+,16-5+/t19-,21?,22-/m1/s1. The number of nitrogens with one attached hydrogen (secondary N) is 1. The molecule has 1 amide bonds. The second-order valence-electron chi connectivity index (χ2n) is 7.13.